The number of rotatable bonds is 4. The Hall–Kier alpha value is -3.49. The number of nitrogens with two attached hydrogens (primary N) is 1. The Bertz CT molecular complexity index is 1050. The summed E-state index contributed by atoms with van der Waals surface area (Å²) in [5.74, 6) is -0.486. The number of aromatic nitrogens is 4. The Morgan fingerprint density at radius 3 is 2.39 bits per heavy atom. The standard InChI is InChI=1S/C19H16F3N5O/c1-11-5-12(2)7-14(6-11)18-25-10-27(26-18)9-15(17(23)28)13-3-4-24-16(8-13)19(20,21)22/h3-10H,1-2H3,(H2,23,28). The topological polar surface area (TPSA) is 86.7 Å². The third-order valence-electron chi connectivity index (χ3n) is 3.88. The highest BCUT2D eigenvalue weighted by atomic mass is 19.4. The summed E-state index contributed by atoms with van der Waals surface area (Å²) >= 11 is 0. The molecule has 1 aromatic carbocycles. The molecular weight excluding hydrogens is 371 g/mol. The minimum Gasteiger partial charge on any atom is -0.366 e. The molecule has 6 nitrogen and oxygen atoms in total. The van der Waals surface area contributed by atoms with Gasteiger partial charge in [0, 0.05) is 18.0 Å². The molecule has 0 aliphatic carbocycles. The van der Waals surface area contributed by atoms with Gasteiger partial charge in [-0.2, -0.15) is 13.2 Å². The van der Waals surface area contributed by atoms with Crippen molar-refractivity contribution < 1.29 is 18.0 Å². The lowest BCUT2D eigenvalue weighted by molar-refractivity contribution is -0.141. The molecule has 3 rings (SSSR count). The Kier molecular flexibility index (Phi) is 5.00. The van der Waals surface area contributed by atoms with Crippen molar-refractivity contribution in [3.63, 3.8) is 0 Å². The highest BCUT2D eigenvalue weighted by Gasteiger charge is 2.32. The van der Waals surface area contributed by atoms with E-state index in [1.165, 1.54) is 23.3 Å². The number of hydrogen-bond donors (Lipinski definition) is 1. The number of alkyl halides is 3. The third kappa shape index (κ3) is 4.25. The first-order valence-electron chi connectivity index (χ1n) is 8.18. The molecule has 0 saturated carbocycles. The Morgan fingerprint density at radius 2 is 1.79 bits per heavy atom. The number of primary amides is 1. The van der Waals surface area contributed by atoms with E-state index >= 15 is 0 Å². The maximum atomic E-state index is 12.9. The Labute approximate surface area is 158 Å². The van der Waals surface area contributed by atoms with Crippen molar-refractivity contribution in [3.8, 4) is 11.4 Å². The summed E-state index contributed by atoms with van der Waals surface area (Å²) in [4.78, 5) is 19.3. The van der Waals surface area contributed by atoms with Crippen LogP contribution in [0, 0.1) is 13.8 Å². The fraction of sp³-hybridized carbons (Fsp3) is 0.158. The van der Waals surface area contributed by atoms with E-state index in [0.29, 0.717) is 5.82 Å². The van der Waals surface area contributed by atoms with Crippen LogP contribution >= 0.6 is 0 Å². The minimum absolute atomic E-state index is 0.0155. The van der Waals surface area contributed by atoms with E-state index in [2.05, 4.69) is 15.1 Å². The van der Waals surface area contributed by atoms with E-state index in [9.17, 15) is 18.0 Å². The molecule has 0 unspecified atom stereocenters. The summed E-state index contributed by atoms with van der Waals surface area (Å²) in [6.07, 6.45) is -1.09. The number of nitrogens with zero attached hydrogens (tertiary/aromatic N) is 4. The maximum Gasteiger partial charge on any atom is 0.433 e. The molecule has 1 amide bonds. The van der Waals surface area contributed by atoms with Crippen LogP contribution in [0.15, 0.2) is 42.9 Å². The largest absolute Gasteiger partial charge is 0.433 e. The van der Waals surface area contributed by atoms with E-state index in [-0.39, 0.29) is 11.1 Å². The van der Waals surface area contributed by atoms with E-state index in [1.54, 1.807) is 0 Å². The van der Waals surface area contributed by atoms with Crippen LogP contribution in [0.4, 0.5) is 13.2 Å². The molecular formula is C19H16F3N5O. The van der Waals surface area contributed by atoms with Gasteiger partial charge in [-0.25, -0.2) is 9.67 Å². The van der Waals surface area contributed by atoms with Crippen molar-refractivity contribution in [2.24, 2.45) is 5.73 Å². The lowest BCUT2D eigenvalue weighted by atomic mass is 10.1. The first-order valence-corrected chi connectivity index (χ1v) is 8.18. The fourth-order valence-electron chi connectivity index (χ4n) is 2.74. The van der Waals surface area contributed by atoms with Gasteiger partial charge >= 0.3 is 6.18 Å². The van der Waals surface area contributed by atoms with Gasteiger partial charge in [-0.05, 0) is 43.7 Å². The fourth-order valence-corrected chi connectivity index (χ4v) is 2.74. The quantitative estimate of drug-likeness (QED) is 0.695. The van der Waals surface area contributed by atoms with Crippen LogP contribution < -0.4 is 5.73 Å². The normalized spacial score (nSPS) is 12.2. The lowest BCUT2D eigenvalue weighted by Crippen LogP contribution is -2.15. The predicted molar refractivity (Wildman–Crippen MR) is 97.5 cm³/mol. The van der Waals surface area contributed by atoms with Crippen molar-refractivity contribution in [2.75, 3.05) is 0 Å². The molecule has 28 heavy (non-hydrogen) atoms. The molecule has 0 spiro atoms. The number of carbonyl (C=O) groups excluding carboxylic acids is 1. The predicted octanol–water partition coefficient (Wildman–Crippen LogP) is 3.46. The van der Waals surface area contributed by atoms with Crippen molar-refractivity contribution in [2.45, 2.75) is 20.0 Å². The van der Waals surface area contributed by atoms with Crippen LogP contribution in [0.5, 0.6) is 0 Å². The van der Waals surface area contributed by atoms with Gasteiger partial charge in [0.1, 0.15) is 12.0 Å². The molecule has 0 atom stereocenters. The summed E-state index contributed by atoms with van der Waals surface area (Å²) < 4.78 is 39.9. The van der Waals surface area contributed by atoms with E-state index < -0.39 is 17.8 Å². The van der Waals surface area contributed by atoms with Crippen LogP contribution in [0.1, 0.15) is 22.4 Å². The van der Waals surface area contributed by atoms with Crippen LogP contribution in [0.3, 0.4) is 0 Å². The molecule has 0 radical (unpaired) electrons. The zero-order valence-corrected chi connectivity index (χ0v) is 15.0. The number of carbonyl (C=O) groups is 1. The second kappa shape index (κ2) is 7.26. The number of hydrogen-bond acceptors (Lipinski definition) is 4. The average Bonchev–Trinajstić information content (AvgIpc) is 3.07. The van der Waals surface area contributed by atoms with Gasteiger partial charge in [-0.15, -0.1) is 5.10 Å². The molecule has 0 aliphatic rings. The summed E-state index contributed by atoms with van der Waals surface area (Å²) in [6.45, 7) is 3.89. The monoisotopic (exact) mass is 387 g/mol. The maximum absolute atomic E-state index is 12.9. The SMILES string of the molecule is Cc1cc(C)cc(-c2ncn(C=C(C(N)=O)c3ccnc(C(F)(F)F)c3)n2)c1. The van der Waals surface area contributed by atoms with E-state index in [4.69, 9.17) is 5.73 Å². The zero-order chi connectivity index (χ0) is 20.5. The second-order valence-electron chi connectivity index (χ2n) is 6.26. The number of halogens is 3. The van der Waals surface area contributed by atoms with Crippen molar-refractivity contribution in [1.82, 2.24) is 19.7 Å². The molecule has 0 bridgehead atoms. The first kappa shape index (κ1) is 19.3. The second-order valence-corrected chi connectivity index (χ2v) is 6.26. The number of benzene rings is 1. The number of pyridine rings is 1. The zero-order valence-electron chi connectivity index (χ0n) is 15.0. The van der Waals surface area contributed by atoms with Crippen LogP contribution in [0.25, 0.3) is 23.2 Å². The van der Waals surface area contributed by atoms with Crippen molar-refractivity contribution >= 4 is 17.7 Å². The molecule has 0 aliphatic heterocycles. The van der Waals surface area contributed by atoms with Crippen molar-refractivity contribution in [1.29, 1.82) is 0 Å². The van der Waals surface area contributed by atoms with Gasteiger partial charge < -0.3 is 5.73 Å². The summed E-state index contributed by atoms with van der Waals surface area (Å²) in [5, 5.41) is 4.27. The molecule has 2 N–H and O–H groups in total. The van der Waals surface area contributed by atoms with Gasteiger partial charge in [0.05, 0.1) is 5.57 Å². The smallest absolute Gasteiger partial charge is 0.366 e. The van der Waals surface area contributed by atoms with Gasteiger partial charge in [0.25, 0.3) is 5.91 Å². The Balaban J connectivity index is 2.01. The molecule has 9 heteroatoms. The minimum atomic E-state index is -4.64. The molecule has 0 fully saturated rings. The van der Waals surface area contributed by atoms with Crippen molar-refractivity contribution in [3.05, 3.63) is 65.2 Å². The number of amides is 1. The highest BCUT2D eigenvalue weighted by molar-refractivity contribution is 6.22. The molecule has 144 valence electrons. The van der Waals surface area contributed by atoms with Gasteiger partial charge in [-0.1, -0.05) is 17.2 Å². The van der Waals surface area contributed by atoms with Gasteiger partial charge in [0.15, 0.2) is 5.82 Å². The number of aryl methyl sites for hydroxylation is 2. The van der Waals surface area contributed by atoms with Crippen LogP contribution in [-0.2, 0) is 11.0 Å². The summed E-state index contributed by atoms with van der Waals surface area (Å²) in [5.41, 5.74) is 6.94. The van der Waals surface area contributed by atoms with E-state index in [1.807, 2.05) is 32.0 Å². The van der Waals surface area contributed by atoms with Crippen LogP contribution in [-0.4, -0.2) is 25.7 Å². The Morgan fingerprint density at radius 1 is 1.11 bits per heavy atom. The highest BCUT2D eigenvalue weighted by Crippen LogP contribution is 2.29. The molecule has 2 heterocycles. The summed E-state index contributed by atoms with van der Waals surface area (Å²) in [7, 11) is 0. The summed E-state index contributed by atoms with van der Waals surface area (Å²) in [6, 6.07) is 7.85. The molecule has 2 aromatic heterocycles. The first-order chi connectivity index (χ1) is 13.1. The van der Waals surface area contributed by atoms with E-state index in [0.717, 1.165) is 29.0 Å². The molecule has 0 saturated heterocycles. The van der Waals surface area contributed by atoms with Gasteiger partial charge in [0.2, 0.25) is 0 Å². The third-order valence-corrected chi connectivity index (χ3v) is 3.88. The molecule has 3 aromatic rings. The lowest BCUT2D eigenvalue weighted by Gasteiger charge is -2.08. The van der Waals surface area contributed by atoms with Gasteiger partial charge in [-0.3, -0.25) is 9.78 Å². The van der Waals surface area contributed by atoms with Crippen LogP contribution in [0.2, 0.25) is 0 Å². The average molecular weight is 387 g/mol.